The van der Waals surface area contributed by atoms with Gasteiger partial charge in [0.1, 0.15) is 5.69 Å². The topological polar surface area (TPSA) is 67.2 Å². The monoisotopic (exact) mass is 438 g/mol. The molecule has 7 nitrogen and oxygen atoms in total. The highest BCUT2D eigenvalue weighted by molar-refractivity contribution is 6.03. The largest absolute Gasteiger partial charge is 0.336 e. The second-order valence-electron chi connectivity index (χ2n) is 8.90. The Morgan fingerprint density at radius 2 is 1.82 bits per heavy atom. The maximum Gasteiger partial charge on any atom is 0.254 e. The highest BCUT2D eigenvalue weighted by Gasteiger charge is 2.26. The van der Waals surface area contributed by atoms with Gasteiger partial charge in [0, 0.05) is 67.3 Å². The average molecular weight is 439 g/mol. The molecular weight excluding hydrogens is 412 g/mol. The normalized spacial score (nSPS) is 16.3. The maximum absolute atomic E-state index is 13.1. The van der Waals surface area contributed by atoms with Gasteiger partial charge in [0.2, 0.25) is 0 Å². The van der Waals surface area contributed by atoms with Crippen molar-refractivity contribution in [2.45, 2.75) is 19.4 Å². The second kappa shape index (κ2) is 8.08. The summed E-state index contributed by atoms with van der Waals surface area (Å²) in [5.74, 6) is 0.0813. The van der Waals surface area contributed by atoms with Crippen molar-refractivity contribution in [1.29, 1.82) is 0 Å². The van der Waals surface area contributed by atoms with E-state index in [0.29, 0.717) is 5.56 Å². The predicted octanol–water partition coefficient (Wildman–Crippen LogP) is 3.49. The van der Waals surface area contributed by atoms with E-state index >= 15 is 0 Å². The number of carbonyl (C=O) groups is 1. The van der Waals surface area contributed by atoms with Crippen LogP contribution in [0.1, 0.15) is 22.5 Å². The fraction of sp³-hybridized carbons (Fsp3) is 0.308. The Balaban J connectivity index is 1.44. The van der Waals surface area contributed by atoms with Gasteiger partial charge in [0.05, 0.1) is 11.2 Å². The zero-order valence-electron chi connectivity index (χ0n) is 18.7. The van der Waals surface area contributed by atoms with E-state index in [1.807, 2.05) is 53.7 Å². The summed E-state index contributed by atoms with van der Waals surface area (Å²) in [4.78, 5) is 26.5. The van der Waals surface area contributed by atoms with Crippen LogP contribution in [0.2, 0.25) is 0 Å². The third kappa shape index (κ3) is 3.49. The Morgan fingerprint density at radius 3 is 2.64 bits per heavy atom. The fourth-order valence-corrected chi connectivity index (χ4v) is 4.99. The van der Waals surface area contributed by atoms with Crippen molar-refractivity contribution in [3.63, 3.8) is 0 Å². The SMILES string of the molecule is CN1CCN(C(=O)c2ccc3c(-c4c(-c5ccccn5)nn5c4CCC5)ccnc3c2)CC1. The summed E-state index contributed by atoms with van der Waals surface area (Å²) in [6.07, 6.45) is 5.75. The van der Waals surface area contributed by atoms with Crippen molar-refractivity contribution < 1.29 is 4.79 Å². The number of hydrogen-bond acceptors (Lipinski definition) is 5. The number of aromatic nitrogens is 4. The summed E-state index contributed by atoms with van der Waals surface area (Å²) in [5.41, 5.74) is 6.80. The first-order valence-electron chi connectivity index (χ1n) is 11.6. The van der Waals surface area contributed by atoms with E-state index in [0.717, 1.165) is 79.0 Å². The van der Waals surface area contributed by atoms with Crippen LogP contribution in [0.4, 0.5) is 0 Å². The number of likely N-dealkylation sites (N-methyl/N-ethyl adjacent to an activating group) is 1. The molecule has 2 aliphatic rings. The Bertz CT molecular complexity index is 1340. The molecule has 1 saturated heterocycles. The summed E-state index contributed by atoms with van der Waals surface area (Å²) in [7, 11) is 2.09. The van der Waals surface area contributed by atoms with Crippen LogP contribution in [-0.2, 0) is 13.0 Å². The minimum Gasteiger partial charge on any atom is -0.336 e. The first kappa shape index (κ1) is 20.1. The molecule has 0 aliphatic carbocycles. The molecule has 0 N–H and O–H groups in total. The van der Waals surface area contributed by atoms with Crippen LogP contribution >= 0.6 is 0 Å². The average Bonchev–Trinajstić information content (AvgIpc) is 3.45. The van der Waals surface area contributed by atoms with Gasteiger partial charge in [0.25, 0.3) is 5.91 Å². The van der Waals surface area contributed by atoms with Crippen LogP contribution in [0.3, 0.4) is 0 Å². The molecular formula is C26H26N6O. The highest BCUT2D eigenvalue weighted by Crippen LogP contribution is 2.39. The molecule has 1 aromatic carbocycles. The number of piperazine rings is 1. The minimum atomic E-state index is 0.0813. The number of fused-ring (bicyclic) bond motifs is 2. The van der Waals surface area contributed by atoms with Gasteiger partial charge in [-0.2, -0.15) is 5.10 Å². The molecule has 0 bridgehead atoms. The lowest BCUT2D eigenvalue weighted by molar-refractivity contribution is 0.0664. The summed E-state index contributed by atoms with van der Waals surface area (Å²) >= 11 is 0. The van der Waals surface area contributed by atoms with E-state index in [4.69, 9.17) is 5.10 Å². The molecule has 0 radical (unpaired) electrons. The number of carbonyl (C=O) groups excluding carboxylic acids is 1. The summed E-state index contributed by atoms with van der Waals surface area (Å²) in [6, 6.07) is 13.9. The van der Waals surface area contributed by atoms with Crippen LogP contribution in [0.5, 0.6) is 0 Å². The molecule has 7 heteroatoms. The Morgan fingerprint density at radius 1 is 0.939 bits per heavy atom. The number of aryl methyl sites for hydroxylation is 1. The molecule has 0 saturated carbocycles. The van der Waals surface area contributed by atoms with Gasteiger partial charge in [-0.15, -0.1) is 0 Å². The Labute approximate surface area is 192 Å². The lowest BCUT2D eigenvalue weighted by atomic mass is 9.96. The van der Waals surface area contributed by atoms with E-state index in [1.165, 1.54) is 5.69 Å². The van der Waals surface area contributed by atoms with Crippen LogP contribution in [0.25, 0.3) is 33.4 Å². The third-order valence-corrected chi connectivity index (χ3v) is 6.80. The fourth-order valence-electron chi connectivity index (χ4n) is 4.99. The quantitative estimate of drug-likeness (QED) is 0.490. The molecule has 1 fully saturated rings. The molecule has 4 aromatic rings. The Kier molecular flexibility index (Phi) is 4.91. The number of nitrogens with zero attached hydrogens (tertiary/aromatic N) is 6. The number of amides is 1. The van der Waals surface area contributed by atoms with E-state index in [9.17, 15) is 4.79 Å². The van der Waals surface area contributed by atoms with Crippen molar-refractivity contribution in [1.82, 2.24) is 29.5 Å². The summed E-state index contributed by atoms with van der Waals surface area (Å²) in [5, 5.41) is 5.96. The second-order valence-corrected chi connectivity index (χ2v) is 8.90. The van der Waals surface area contributed by atoms with Crippen molar-refractivity contribution in [2.75, 3.05) is 33.2 Å². The minimum absolute atomic E-state index is 0.0813. The summed E-state index contributed by atoms with van der Waals surface area (Å²) < 4.78 is 2.12. The number of hydrogen-bond donors (Lipinski definition) is 0. The highest BCUT2D eigenvalue weighted by atomic mass is 16.2. The Hall–Kier alpha value is -3.58. The molecule has 0 spiro atoms. The van der Waals surface area contributed by atoms with Gasteiger partial charge < -0.3 is 9.80 Å². The molecule has 2 aliphatic heterocycles. The molecule has 3 aromatic heterocycles. The first-order chi connectivity index (χ1) is 16.2. The smallest absolute Gasteiger partial charge is 0.254 e. The molecule has 6 rings (SSSR count). The van der Waals surface area contributed by atoms with Crippen LogP contribution < -0.4 is 0 Å². The van der Waals surface area contributed by atoms with Crippen molar-refractivity contribution in [3.05, 3.63) is 66.1 Å². The number of benzene rings is 1. The predicted molar refractivity (Wildman–Crippen MR) is 128 cm³/mol. The first-order valence-corrected chi connectivity index (χ1v) is 11.6. The maximum atomic E-state index is 13.1. The lowest BCUT2D eigenvalue weighted by Crippen LogP contribution is -2.47. The lowest BCUT2D eigenvalue weighted by Gasteiger charge is -2.32. The molecule has 0 atom stereocenters. The van der Waals surface area contributed by atoms with Crippen LogP contribution in [0.15, 0.2) is 54.9 Å². The van der Waals surface area contributed by atoms with Crippen molar-refractivity contribution >= 4 is 16.8 Å². The van der Waals surface area contributed by atoms with Gasteiger partial charge in [0.15, 0.2) is 0 Å². The van der Waals surface area contributed by atoms with Gasteiger partial charge in [-0.1, -0.05) is 12.1 Å². The van der Waals surface area contributed by atoms with Crippen LogP contribution in [0, 0.1) is 0 Å². The molecule has 1 amide bonds. The molecule has 5 heterocycles. The van der Waals surface area contributed by atoms with E-state index in [2.05, 4.69) is 32.7 Å². The standard InChI is InChI=1S/C26H26N6O/c1-30-13-15-31(16-14-30)26(33)18-7-8-19-20(9-11-28-22(19)17-18)24-23-6-4-12-32(23)29-25(24)21-5-2-3-10-27-21/h2-3,5,7-11,17H,4,6,12-16H2,1H3. The number of rotatable bonds is 3. The van der Waals surface area contributed by atoms with Gasteiger partial charge >= 0.3 is 0 Å². The third-order valence-electron chi connectivity index (χ3n) is 6.80. The molecule has 33 heavy (non-hydrogen) atoms. The van der Waals surface area contributed by atoms with E-state index in [-0.39, 0.29) is 5.91 Å². The zero-order valence-corrected chi connectivity index (χ0v) is 18.7. The zero-order chi connectivity index (χ0) is 22.4. The van der Waals surface area contributed by atoms with Gasteiger partial charge in [-0.25, -0.2) is 0 Å². The molecule has 166 valence electrons. The number of pyridine rings is 2. The van der Waals surface area contributed by atoms with Gasteiger partial charge in [-0.3, -0.25) is 19.4 Å². The van der Waals surface area contributed by atoms with Crippen molar-refractivity contribution in [2.24, 2.45) is 0 Å². The molecule has 0 unspecified atom stereocenters. The van der Waals surface area contributed by atoms with Gasteiger partial charge in [-0.05, 0) is 55.8 Å². The summed E-state index contributed by atoms with van der Waals surface area (Å²) in [6.45, 7) is 4.27. The van der Waals surface area contributed by atoms with Crippen molar-refractivity contribution in [3.8, 4) is 22.5 Å². The van der Waals surface area contributed by atoms with E-state index < -0.39 is 0 Å². The van der Waals surface area contributed by atoms with E-state index in [1.54, 1.807) is 0 Å². The van der Waals surface area contributed by atoms with Crippen LogP contribution in [-0.4, -0.2) is 68.7 Å².